The van der Waals surface area contributed by atoms with E-state index in [1.54, 1.807) is 0 Å². The minimum atomic E-state index is 0.206. The number of rotatable bonds is 2. The van der Waals surface area contributed by atoms with Crippen LogP contribution in [0.4, 0.5) is 11.5 Å². The van der Waals surface area contributed by atoms with Crippen LogP contribution in [-0.2, 0) is 0 Å². The number of aromatic nitrogens is 1. The van der Waals surface area contributed by atoms with Crippen LogP contribution < -0.4 is 9.80 Å². The minimum absolute atomic E-state index is 0.206. The van der Waals surface area contributed by atoms with Gasteiger partial charge in [0.2, 0.25) is 0 Å². The summed E-state index contributed by atoms with van der Waals surface area (Å²) in [5.74, 6) is 2.52. The van der Waals surface area contributed by atoms with Crippen molar-refractivity contribution < 1.29 is 0 Å². The van der Waals surface area contributed by atoms with Gasteiger partial charge >= 0.3 is 0 Å². The monoisotopic (exact) mass is 323 g/mol. The van der Waals surface area contributed by atoms with Crippen LogP contribution in [0.1, 0.15) is 52.1 Å². The summed E-state index contributed by atoms with van der Waals surface area (Å²) in [4.78, 5) is 9.45. The van der Waals surface area contributed by atoms with Gasteiger partial charge in [0.25, 0.3) is 0 Å². The molecule has 3 rings (SSSR count). The summed E-state index contributed by atoms with van der Waals surface area (Å²) >= 11 is 0. The lowest BCUT2D eigenvalue weighted by Gasteiger charge is -2.29. The molecule has 1 aliphatic carbocycles. The van der Waals surface area contributed by atoms with Crippen molar-refractivity contribution in [3.05, 3.63) is 54.0 Å². The van der Waals surface area contributed by atoms with E-state index in [1.165, 1.54) is 17.0 Å². The molecule has 0 radical (unpaired) electrons. The molecule has 0 N–H and O–H groups in total. The molecule has 1 unspecified atom stereocenters. The van der Waals surface area contributed by atoms with Gasteiger partial charge in [0.15, 0.2) is 5.82 Å². The fourth-order valence-corrected chi connectivity index (χ4v) is 3.47. The van der Waals surface area contributed by atoms with Gasteiger partial charge in [-0.05, 0) is 37.3 Å². The van der Waals surface area contributed by atoms with Gasteiger partial charge in [0.1, 0.15) is 5.82 Å². The lowest BCUT2D eigenvalue weighted by molar-refractivity contribution is 0.421. The number of hydrogen-bond donors (Lipinski definition) is 0. The first-order chi connectivity index (χ1) is 11.3. The minimum Gasteiger partial charge on any atom is -0.325 e. The smallest absolute Gasteiger partial charge is 0.158 e. The van der Waals surface area contributed by atoms with Crippen LogP contribution in [0.3, 0.4) is 0 Å². The third-order valence-corrected chi connectivity index (χ3v) is 4.74. The standard InChI is InChI=1S/C21H29N3/c1-15-9-7-8-10-17(13-15)18-11-12-19-20(22-18)23(6)16(2)24(19)14-21(3,4)5/h7-9,11-12,17H,2,10,13-14H2,1,3-6H3. The lowest BCUT2D eigenvalue weighted by atomic mass is 9.94. The number of fused-ring (bicyclic) bond motifs is 1. The van der Waals surface area contributed by atoms with Crippen molar-refractivity contribution in [2.24, 2.45) is 5.41 Å². The Bertz CT molecular complexity index is 706. The Morgan fingerprint density at radius 2 is 2.04 bits per heavy atom. The SMILES string of the molecule is C=C1N(C)c2nc(C3CC=CC=C(C)C3)ccc2N1CC(C)(C)C. The van der Waals surface area contributed by atoms with E-state index < -0.39 is 0 Å². The number of pyridine rings is 1. The number of allylic oxidation sites excluding steroid dienone is 4. The molecule has 128 valence electrons. The Morgan fingerprint density at radius 3 is 2.75 bits per heavy atom. The maximum Gasteiger partial charge on any atom is 0.158 e. The molecule has 2 heterocycles. The zero-order chi connectivity index (χ0) is 17.5. The Labute approximate surface area is 146 Å². The second kappa shape index (κ2) is 6.12. The summed E-state index contributed by atoms with van der Waals surface area (Å²) in [7, 11) is 2.07. The fraction of sp³-hybridized carbons (Fsp3) is 0.476. The van der Waals surface area contributed by atoms with Crippen LogP contribution in [0.25, 0.3) is 0 Å². The van der Waals surface area contributed by atoms with Crippen molar-refractivity contribution >= 4 is 11.5 Å². The predicted molar refractivity (Wildman–Crippen MR) is 103 cm³/mol. The zero-order valence-electron chi connectivity index (χ0n) is 15.6. The number of anilines is 2. The lowest BCUT2D eigenvalue weighted by Crippen LogP contribution is -2.32. The van der Waals surface area contributed by atoms with Crippen molar-refractivity contribution in [1.29, 1.82) is 0 Å². The van der Waals surface area contributed by atoms with Crippen LogP contribution >= 0.6 is 0 Å². The van der Waals surface area contributed by atoms with E-state index in [0.717, 1.165) is 31.0 Å². The molecular weight excluding hydrogens is 294 g/mol. The van der Waals surface area contributed by atoms with Crippen LogP contribution in [0.2, 0.25) is 0 Å². The molecule has 0 fully saturated rings. The third kappa shape index (κ3) is 3.26. The van der Waals surface area contributed by atoms with E-state index >= 15 is 0 Å². The molecule has 2 aliphatic rings. The van der Waals surface area contributed by atoms with Crippen molar-refractivity contribution in [3.8, 4) is 0 Å². The van der Waals surface area contributed by atoms with Gasteiger partial charge in [0.05, 0.1) is 5.69 Å². The van der Waals surface area contributed by atoms with Gasteiger partial charge in [-0.2, -0.15) is 0 Å². The average Bonchev–Trinajstić information content (AvgIpc) is 2.69. The molecule has 1 atom stereocenters. The van der Waals surface area contributed by atoms with Gasteiger partial charge in [-0.1, -0.05) is 51.2 Å². The van der Waals surface area contributed by atoms with Crippen LogP contribution in [0, 0.1) is 5.41 Å². The highest BCUT2D eigenvalue weighted by Gasteiger charge is 2.32. The van der Waals surface area contributed by atoms with Gasteiger partial charge in [-0.3, -0.25) is 0 Å². The number of hydrogen-bond acceptors (Lipinski definition) is 3. The summed E-state index contributed by atoms with van der Waals surface area (Å²) in [6.07, 6.45) is 8.77. The summed E-state index contributed by atoms with van der Waals surface area (Å²) in [6, 6.07) is 4.43. The molecule has 3 heteroatoms. The molecule has 0 amide bonds. The molecule has 1 aliphatic heterocycles. The van der Waals surface area contributed by atoms with E-state index in [-0.39, 0.29) is 5.41 Å². The normalized spacial score (nSPS) is 21.0. The average molecular weight is 323 g/mol. The molecule has 0 bridgehead atoms. The second-order valence-corrected chi connectivity index (χ2v) is 8.28. The molecular formula is C21H29N3. The van der Waals surface area contributed by atoms with Crippen LogP contribution in [0.15, 0.2) is 48.3 Å². The van der Waals surface area contributed by atoms with Crippen LogP contribution in [0.5, 0.6) is 0 Å². The van der Waals surface area contributed by atoms with E-state index in [9.17, 15) is 0 Å². The summed E-state index contributed by atoms with van der Waals surface area (Å²) in [5, 5.41) is 0. The van der Waals surface area contributed by atoms with Crippen molar-refractivity contribution in [2.75, 3.05) is 23.4 Å². The Morgan fingerprint density at radius 1 is 1.29 bits per heavy atom. The Kier molecular flexibility index (Phi) is 4.29. The van der Waals surface area contributed by atoms with E-state index in [2.05, 4.69) is 81.5 Å². The van der Waals surface area contributed by atoms with Gasteiger partial charge < -0.3 is 9.80 Å². The highest BCUT2D eigenvalue weighted by Crippen LogP contribution is 2.41. The molecule has 1 aromatic rings. The molecule has 1 aromatic heterocycles. The topological polar surface area (TPSA) is 19.4 Å². The van der Waals surface area contributed by atoms with Crippen molar-refractivity contribution in [2.45, 2.75) is 46.5 Å². The van der Waals surface area contributed by atoms with Gasteiger partial charge in [0, 0.05) is 25.2 Å². The highest BCUT2D eigenvalue weighted by atomic mass is 15.4. The summed E-state index contributed by atoms with van der Waals surface area (Å²) in [5.41, 5.74) is 3.99. The fourth-order valence-electron chi connectivity index (χ4n) is 3.47. The predicted octanol–water partition coefficient (Wildman–Crippen LogP) is 5.24. The van der Waals surface area contributed by atoms with Crippen LogP contribution in [-0.4, -0.2) is 18.6 Å². The second-order valence-electron chi connectivity index (χ2n) is 8.28. The molecule has 0 spiro atoms. The maximum atomic E-state index is 5.03. The zero-order valence-corrected chi connectivity index (χ0v) is 15.6. The summed E-state index contributed by atoms with van der Waals surface area (Å²) < 4.78 is 0. The molecule has 0 saturated heterocycles. The highest BCUT2D eigenvalue weighted by molar-refractivity contribution is 5.79. The van der Waals surface area contributed by atoms with Gasteiger partial charge in [-0.15, -0.1) is 0 Å². The first-order valence-corrected chi connectivity index (χ1v) is 8.80. The summed E-state index contributed by atoms with van der Waals surface area (Å²) in [6.45, 7) is 14.2. The third-order valence-electron chi connectivity index (χ3n) is 4.74. The quantitative estimate of drug-likeness (QED) is 0.742. The molecule has 24 heavy (non-hydrogen) atoms. The molecule has 3 nitrogen and oxygen atoms in total. The van der Waals surface area contributed by atoms with Gasteiger partial charge in [-0.25, -0.2) is 4.98 Å². The number of nitrogens with zero attached hydrogens (tertiary/aromatic N) is 3. The van der Waals surface area contributed by atoms with Crippen molar-refractivity contribution in [1.82, 2.24) is 4.98 Å². The molecule has 0 aromatic carbocycles. The first-order valence-electron chi connectivity index (χ1n) is 8.80. The van der Waals surface area contributed by atoms with E-state index in [4.69, 9.17) is 4.98 Å². The van der Waals surface area contributed by atoms with E-state index in [1.807, 2.05) is 0 Å². The Balaban J connectivity index is 1.93. The Hall–Kier alpha value is -2.03. The first kappa shape index (κ1) is 16.8. The largest absolute Gasteiger partial charge is 0.325 e. The maximum absolute atomic E-state index is 5.03. The van der Waals surface area contributed by atoms with E-state index in [0.29, 0.717) is 5.92 Å². The molecule has 0 saturated carbocycles. The van der Waals surface area contributed by atoms with Crippen molar-refractivity contribution in [3.63, 3.8) is 0 Å².